The number of halogens is 1. The standard InChI is InChI=1S/C10H14ClNO4S/c1-3-15-8-5-7(11)10(17(12,13)14)6-9(8)16-4-2/h5-6H,3-4H2,1-2H3,(H2,12,13,14). The van der Waals surface area contributed by atoms with Gasteiger partial charge in [-0.15, -0.1) is 0 Å². The largest absolute Gasteiger partial charge is 0.490 e. The summed E-state index contributed by atoms with van der Waals surface area (Å²) in [6.45, 7) is 4.38. The molecule has 1 aromatic carbocycles. The summed E-state index contributed by atoms with van der Waals surface area (Å²) in [5.41, 5.74) is 0. The molecule has 17 heavy (non-hydrogen) atoms. The van der Waals surface area contributed by atoms with Gasteiger partial charge >= 0.3 is 0 Å². The van der Waals surface area contributed by atoms with Gasteiger partial charge in [-0.1, -0.05) is 11.6 Å². The van der Waals surface area contributed by atoms with Gasteiger partial charge in [0.05, 0.1) is 18.2 Å². The maximum Gasteiger partial charge on any atom is 0.239 e. The van der Waals surface area contributed by atoms with E-state index in [0.29, 0.717) is 24.7 Å². The van der Waals surface area contributed by atoms with Crippen LogP contribution in [0.4, 0.5) is 0 Å². The lowest BCUT2D eigenvalue weighted by atomic mass is 10.3. The van der Waals surface area contributed by atoms with Gasteiger partial charge in [0.25, 0.3) is 0 Å². The van der Waals surface area contributed by atoms with Crippen molar-refractivity contribution in [1.29, 1.82) is 0 Å². The van der Waals surface area contributed by atoms with Crippen LogP contribution in [0.15, 0.2) is 17.0 Å². The SMILES string of the molecule is CCOc1cc(Cl)c(S(N)(=O)=O)cc1OCC. The molecule has 0 aliphatic rings. The van der Waals surface area contributed by atoms with Crippen LogP contribution >= 0.6 is 11.6 Å². The fourth-order valence-electron chi connectivity index (χ4n) is 1.27. The van der Waals surface area contributed by atoms with Crippen molar-refractivity contribution in [3.05, 3.63) is 17.2 Å². The Morgan fingerprint density at radius 1 is 1.18 bits per heavy atom. The van der Waals surface area contributed by atoms with Gasteiger partial charge in [-0.2, -0.15) is 0 Å². The Kier molecular flexibility index (Phi) is 4.62. The fraction of sp³-hybridized carbons (Fsp3) is 0.400. The highest BCUT2D eigenvalue weighted by Crippen LogP contribution is 2.35. The Morgan fingerprint density at radius 3 is 2.06 bits per heavy atom. The number of sulfonamides is 1. The average Bonchev–Trinajstić information content (AvgIpc) is 2.20. The highest BCUT2D eigenvalue weighted by molar-refractivity contribution is 7.89. The maximum atomic E-state index is 11.3. The van der Waals surface area contributed by atoms with Gasteiger partial charge in [0.15, 0.2) is 11.5 Å². The zero-order valence-corrected chi connectivity index (χ0v) is 11.1. The number of benzene rings is 1. The van der Waals surface area contributed by atoms with Crippen molar-refractivity contribution in [2.45, 2.75) is 18.7 Å². The first-order valence-corrected chi connectivity index (χ1v) is 6.94. The van der Waals surface area contributed by atoms with E-state index in [1.165, 1.54) is 12.1 Å². The van der Waals surface area contributed by atoms with E-state index in [4.69, 9.17) is 26.2 Å². The Hall–Kier alpha value is -0.980. The Bertz CT molecular complexity index is 501. The van der Waals surface area contributed by atoms with Crippen LogP contribution in [0.25, 0.3) is 0 Å². The molecule has 0 saturated carbocycles. The van der Waals surface area contributed by atoms with Crippen molar-refractivity contribution in [1.82, 2.24) is 0 Å². The van der Waals surface area contributed by atoms with Gasteiger partial charge in [-0.25, -0.2) is 13.6 Å². The van der Waals surface area contributed by atoms with E-state index in [9.17, 15) is 8.42 Å². The van der Waals surface area contributed by atoms with E-state index >= 15 is 0 Å². The van der Waals surface area contributed by atoms with Crippen LogP contribution in [-0.2, 0) is 10.0 Å². The van der Waals surface area contributed by atoms with Crippen LogP contribution in [0.2, 0.25) is 5.02 Å². The predicted octanol–water partition coefficient (Wildman–Crippen LogP) is 1.78. The number of ether oxygens (including phenoxy) is 2. The molecule has 2 N–H and O–H groups in total. The normalized spacial score (nSPS) is 11.3. The molecule has 1 rings (SSSR count). The molecule has 0 amide bonds. The highest BCUT2D eigenvalue weighted by Gasteiger charge is 2.18. The molecular formula is C10H14ClNO4S. The molecule has 0 spiro atoms. The van der Waals surface area contributed by atoms with Crippen LogP contribution in [-0.4, -0.2) is 21.6 Å². The molecule has 0 aliphatic heterocycles. The lowest BCUT2D eigenvalue weighted by molar-refractivity contribution is 0.287. The number of rotatable bonds is 5. The van der Waals surface area contributed by atoms with E-state index in [2.05, 4.69) is 0 Å². The van der Waals surface area contributed by atoms with Crippen molar-refractivity contribution in [2.75, 3.05) is 13.2 Å². The van der Waals surface area contributed by atoms with Crippen molar-refractivity contribution in [2.24, 2.45) is 5.14 Å². The van der Waals surface area contributed by atoms with E-state index in [1.54, 1.807) is 13.8 Å². The molecule has 0 radical (unpaired) electrons. The van der Waals surface area contributed by atoms with Gasteiger partial charge in [0.2, 0.25) is 10.0 Å². The van der Waals surface area contributed by atoms with Crippen LogP contribution in [0.1, 0.15) is 13.8 Å². The summed E-state index contributed by atoms with van der Waals surface area (Å²) in [6, 6.07) is 2.65. The van der Waals surface area contributed by atoms with Crippen LogP contribution < -0.4 is 14.6 Å². The third kappa shape index (κ3) is 3.49. The molecule has 1 aromatic rings. The smallest absolute Gasteiger partial charge is 0.239 e. The second-order valence-electron chi connectivity index (χ2n) is 3.14. The van der Waals surface area contributed by atoms with E-state index < -0.39 is 10.0 Å². The summed E-state index contributed by atoms with van der Waals surface area (Å²) >= 11 is 5.83. The molecule has 0 saturated heterocycles. The Labute approximate surface area is 106 Å². The van der Waals surface area contributed by atoms with Crippen LogP contribution in [0.5, 0.6) is 11.5 Å². The summed E-state index contributed by atoms with van der Waals surface area (Å²) < 4.78 is 33.1. The van der Waals surface area contributed by atoms with E-state index in [0.717, 1.165) is 0 Å². The average molecular weight is 280 g/mol. The van der Waals surface area contributed by atoms with Crippen molar-refractivity contribution >= 4 is 21.6 Å². The molecule has 0 bridgehead atoms. The molecular weight excluding hydrogens is 266 g/mol. The van der Waals surface area contributed by atoms with E-state index in [-0.39, 0.29) is 9.92 Å². The molecule has 0 atom stereocenters. The minimum absolute atomic E-state index is 0.0133. The van der Waals surface area contributed by atoms with E-state index in [1.807, 2.05) is 0 Å². The van der Waals surface area contributed by atoms with Gasteiger partial charge in [0, 0.05) is 12.1 Å². The summed E-state index contributed by atoms with van der Waals surface area (Å²) in [7, 11) is -3.87. The van der Waals surface area contributed by atoms with Gasteiger partial charge < -0.3 is 9.47 Å². The Morgan fingerprint density at radius 2 is 1.65 bits per heavy atom. The lowest BCUT2D eigenvalue weighted by Gasteiger charge is -2.13. The number of hydrogen-bond acceptors (Lipinski definition) is 4. The van der Waals surface area contributed by atoms with Crippen molar-refractivity contribution in [3.63, 3.8) is 0 Å². The first-order valence-electron chi connectivity index (χ1n) is 5.02. The quantitative estimate of drug-likeness (QED) is 0.891. The Balaban J connectivity index is 3.34. The predicted molar refractivity (Wildman–Crippen MR) is 65.2 cm³/mol. The molecule has 0 heterocycles. The summed E-state index contributed by atoms with van der Waals surface area (Å²) in [5, 5.41) is 5.05. The lowest BCUT2D eigenvalue weighted by Crippen LogP contribution is -2.13. The van der Waals surface area contributed by atoms with Crippen molar-refractivity contribution < 1.29 is 17.9 Å². The minimum atomic E-state index is -3.87. The summed E-state index contributed by atoms with van der Waals surface area (Å²) in [4.78, 5) is -0.175. The molecule has 0 aromatic heterocycles. The maximum absolute atomic E-state index is 11.3. The molecule has 0 unspecified atom stereocenters. The van der Waals surface area contributed by atoms with Crippen LogP contribution in [0, 0.1) is 0 Å². The summed E-state index contributed by atoms with van der Waals surface area (Å²) in [5.74, 6) is 0.703. The molecule has 96 valence electrons. The topological polar surface area (TPSA) is 78.6 Å². The third-order valence-electron chi connectivity index (χ3n) is 1.90. The first kappa shape index (κ1) is 14.1. The number of primary sulfonamides is 1. The zero-order chi connectivity index (χ0) is 13.1. The number of hydrogen-bond donors (Lipinski definition) is 1. The van der Waals surface area contributed by atoms with Crippen LogP contribution in [0.3, 0.4) is 0 Å². The third-order valence-corrected chi connectivity index (χ3v) is 3.28. The van der Waals surface area contributed by atoms with Crippen molar-refractivity contribution in [3.8, 4) is 11.5 Å². The fourth-order valence-corrected chi connectivity index (χ4v) is 2.35. The molecule has 7 heteroatoms. The van der Waals surface area contributed by atoms with Gasteiger partial charge in [-0.3, -0.25) is 0 Å². The molecule has 5 nitrogen and oxygen atoms in total. The second kappa shape index (κ2) is 5.57. The van der Waals surface area contributed by atoms with Gasteiger partial charge in [-0.05, 0) is 13.8 Å². The monoisotopic (exact) mass is 279 g/mol. The number of nitrogens with two attached hydrogens (primary N) is 1. The minimum Gasteiger partial charge on any atom is -0.490 e. The highest BCUT2D eigenvalue weighted by atomic mass is 35.5. The zero-order valence-electron chi connectivity index (χ0n) is 9.57. The first-order chi connectivity index (χ1) is 7.90. The summed E-state index contributed by atoms with van der Waals surface area (Å²) in [6.07, 6.45) is 0. The molecule has 0 aliphatic carbocycles. The van der Waals surface area contributed by atoms with Gasteiger partial charge in [0.1, 0.15) is 4.90 Å². The molecule has 0 fully saturated rings. The second-order valence-corrected chi connectivity index (χ2v) is 5.08.